The number of nitrogens with one attached hydrogen (secondary N) is 1. The molecule has 6 nitrogen and oxygen atoms in total. The third kappa shape index (κ3) is 4.36. The summed E-state index contributed by atoms with van der Waals surface area (Å²) in [5.74, 6) is 0.328. The van der Waals surface area contributed by atoms with Gasteiger partial charge in [0.05, 0.1) is 17.9 Å². The van der Waals surface area contributed by atoms with Crippen molar-refractivity contribution in [2.24, 2.45) is 5.73 Å². The molecule has 29 heavy (non-hydrogen) atoms. The molecular weight excluding hydrogens is 369 g/mol. The van der Waals surface area contributed by atoms with E-state index in [1.54, 1.807) is 22.9 Å². The van der Waals surface area contributed by atoms with Crippen LogP contribution < -0.4 is 11.1 Å². The van der Waals surface area contributed by atoms with E-state index in [2.05, 4.69) is 27.4 Å². The van der Waals surface area contributed by atoms with E-state index in [1.807, 2.05) is 25.1 Å². The van der Waals surface area contributed by atoms with Gasteiger partial charge in [-0.3, -0.25) is 9.69 Å². The second kappa shape index (κ2) is 8.14. The first-order valence-corrected chi connectivity index (χ1v) is 9.65. The number of carbonyl (C=O) groups excluding carboxylic acids is 1. The van der Waals surface area contributed by atoms with Gasteiger partial charge in [0, 0.05) is 31.1 Å². The molecule has 2 atom stereocenters. The zero-order valence-corrected chi connectivity index (χ0v) is 16.3. The van der Waals surface area contributed by atoms with Gasteiger partial charge in [-0.2, -0.15) is 5.10 Å². The van der Waals surface area contributed by atoms with Crippen LogP contribution in [0.25, 0.3) is 5.69 Å². The molecule has 0 spiro atoms. The van der Waals surface area contributed by atoms with E-state index >= 15 is 0 Å². The first-order valence-electron chi connectivity index (χ1n) is 9.65. The van der Waals surface area contributed by atoms with Gasteiger partial charge < -0.3 is 11.1 Å². The second-order valence-electron chi connectivity index (χ2n) is 7.48. The van der Waals surface area contributed by atoms with Gasteiger partial charge in [0.25, 0.3) is 0 Å². The van der Waals surface area contributed by atoms with Crippen LogP contribution in [-0.2, 0) is 4.79 Å². The fourth-order valence-electron chi connectivity index (χ4n) is 3.85. The Bertz CT molecular complexity index is 986. The highest BCUT2D eigenvalue weighted by Gasteiger charge is 2.32. The largest absolute Gasteiger partial charge is 0.326 e. The van der Waals surface area contributed by atoms with E-state index in [0.29, 0.717) is 18.1 Å². The van der Waals surface area contributed by atoms with E-state index < -0.39 is 0 Å². The first kappa shape index (κ1) is 19.3. The van der Waals surface area contributed by atoms with Crippen molar-refractivity contribution in [2.75, 3.05) is 25.0 Å². The Morgan fingerprint density at radius 1 is 1.17 bits per heavy atom. The lowest BCUT2D eigenvalue weighted by Crippen LogP contribution is -2.34. The van der Waals surface area contributed by atoms with Crippen LogP contribution in [0.15, 0.2) is 60.7 Å². The molecule has 0 saturated carbocycles. The Labute approximate surface area is 169 Å². The fraction of sp³-hybridized carbons (Fsp3) is 0.273. The first-order chi connectivity index (χ1) is 14.0. The number of anilines is 1. The van der Waals surface area contributed by atoms with Crippen LogP contribution in [0, 0.1) is 12.7 Å². The second-order valence-corrected chi connectivity index (χ2v) is 7.48. The van der Waals surface area contributed by atoms with Crippen molar-refractivity contribution in [3.63, 3.8) is 0 Å². The van der Waals surface area contributed by atoms with Gasteiger partial charge in [0.15, 0.2) is 0 Å². The maximum absolute atomic E-state index is 13.2. The predicted molar refractivity (Wildman–Crippen MR) is 110 cm³/mol. The Morgan fingerprint density at radius 3 is 2.62 bits per heavy atom. The molecule has 0 aliphatic carbocycles. The molecule has 1 saturated heterocycles. The summed E-state index contributed by atoms with van der Waals surface area (Å²) in [6.07, 6.45) is 0. The molecule has 0 radical (unpaired) electrons. The van der Waals surface area contributed by atoms with E-state index in [1.165, 1.54) is 17.7 Å². The average Bonchev–Trinajstić information content (AvgIpc) is 3.25. The van der Waals surface area contributed by atoms with Crippen molar-refractivity contribution in [3.8, 4) is 5.69 Å². The van der Waals surface area contributed by atoms with Gasteiger partial charge in [-0.05, 0) is 36.8 Å². The number of hydrogen-bond acceptors (Lipinski definition) is 4. The number of likely N-dealkylation sites (tertiary alicyclic amines) is 1. The van der Waals surface area contributed by atoms with Crippen molar-refractivity contribution >= 4 is 11.7 Å². The number of halogens is 1. The van der Waals surface area contributed by atoms with Crippen LogP contribution in [0.1, 0.15) is 17.2 Å². The van der Waals surface area contributed by atoms with Crippen LogP contribution in [0.4, 0.5) is 10.2 Å². The van der Waals surface area contributed by atoms with Crippen molar-refractivity contribution in [1.29, 1.82) is 0 Å². The summed E-state index contributed by atoms with van der Waals surface area (Å²) in [5, 5.41) is 7.33. The molecular formula is C22H24FN5O. The summed E-state index contributed by atoms with van der Waals surface area (Å²) < 4.78 is 14.8. The lowest BCUT2D eigenvalue weighted by Gasteiger charge is -2.16. The van der Waals surface area contributed by atoms with Gasteiger partial charge in [0.1, 0.15) is 11.6 Å². The Kier molecular flexibility index (Phi) is 5.42. The molecule has 0 bridgehead atoms. The third-order valence-corrected chi connectivity index (χ3v) is 5.21. The minimum atomic E-state index is -0.318. The average molecular weight is 393 g/mol. The van der Waals surface area contributed by atoms with Gasteiger partial charge >= 0.3 is 0 Å². The topological polar surface area (TPSA) is 76.2 Å². The van der Waals surface area contributed by atoms with Crippen molar-refractivity contribution < 1.29 is 9.18 Å². The van der Waals surface area contributed by atoms with Crippen LogP contribution in [0.5, 0.6) is 0 Å². The lowest BCUT2D eigenvalue weighted by atomic mass is 9.95. The Morgan fingerprint density at radius 2 is 1.90 bits per heavy atom. The monoisotopic (exact) mass is 393 g/mol. The molecule has 1 aliphatic heterocycles. The number of aryl methyl sites for hydroxylation is 1. The van der Waals surface area contributed by atoms with Gasteiger partial charge in [-0.25, -0.2) is 9.07 Å². The molecule has 4 rings (SSSR count). The molecule has 2 aromatic carbocycles. The molecule has 0 unspecified atom stereocenters. The molecule has 150 valence electrons. The van der Waals surface area contributed by atoms with Crippen molar-refractivity contribution in [3.05, 3.63) is 77.7 Å². The number of nitrogens with zero attached hydrogens (tertiary/aromatic N) is 3. The highest BCUT2D eigenvalue weighted by atomic mass is 19.1. The molecule has 3 N–H and O–H groups in total. The van der Waals surface area contributed by atoms with Crippen LogP contribution >= 0.6 is 0 Å². The predicted octanol–water partition coefficient (Wildman–Crippen LogP) is 2.69. The van der Waals surface area contributed by atoms with E-state index in [-0.39, 0.29) is 30.2 Å². The van der Waals surface area contributed by atoms with E-state index in [9.17, 15) is 9.18 Å². The SMILES string of the molecule is Cc1cc(NC(=O)CN2C[C@@H](N)[C@H](c3ccccc3)C2)n(-c2ccc(F)cc2)n1. The molecule has 1 aliphatic rings. The number of rotatable bonds is 5. The minimum absolute atomic E-state index is 0.00260. The highest BCUT2D eigenvalue weighted by molar-refractivity contribution is 5.91. The highest BCUT2D eigenvalue weighted by Crippen LogP contribution is 2.26. The quantitative estimate of drug-likeness (QED) is 0.699. The number of amides is 1. The van der Waals surface area contributed by atoms with E-state index in [4.69, 9.17) is 5.73 Å². The van der Waals surface area contributed by atoms with Crippen LogP contribution in [0.2, 0.25) is 0 Å². The summed E-state index contributed by atoms with van der Waals surface area (Å²) in [4.78, 5) is 14.7. The normalized spacial score (nSPS) is 19.4. The zero-order valence-electron chi connectivity index (χ0n) is 16.3. The van der Waals surface area contributed by atoms with Crippen LogP contribution in [-0.4, -0.2) is 46.3 Å². The summed E-state index contributed by atoms with van der Waals surface area (Å²) in [7, 11) is 0. The fourth-order valence-corrected chi connectivity index (χ4v) is 3.85. The maximum atomic E-state index is 13.2. The summed E-state index contributed by atoms with van der Waals surface area (Å²) in [6, 6.07) is 18.0. The Hall–Kier alpha value is -3.03. The zero-order chi connectivity index (χ0) is 20.4. The number of aromatic nitrogens is 2. The molecule has 3 aromatic rings. The Balaban J connectivity index is 1.43. The maximum Gasteiger partial charge on any atom is 0.239 e. The summed E-state index contributed by atoms with van der Waals surface area (Å²) in [6.45, 7) is 3.52. The summed E-state index contributed by atoms with van der Waals surface area (Å²) in [5.41, 5.74) is 8.97. The standard InChI is InChI=1S/C22H24FN5O/c1-15-11-21(28(26-15)18-9-7-17(23)8-10-18)25-22(29)14-27-12-19(20(24)13-27)16-5-3-2-4-6-16/h2-11,19-20H,12-14,24H2,1H3,(H,25,29)/t19-,20+/m0/s1. The van der Waals surface area contributed by atoms with Crippen molar-refractivity contribution in [2.45, 2.75) is 18.9 Å². The van der Waals surface area contributed by atoms with Gasteiger partial charge in [0.2, 0.25) is 5.91 Å². The molecule has 1 aromatic heterocycles. The number of benzene rings is 2. The molecule has 7 heteroatoms. The summed E-state index contributed by atoms with van der Waals surface area (Å²) >= 11 is 0. The molecule has 2 heterocycles. The minimum Gasteiger partial charge on any atom is -0.326 e. The molecule has 1 fully saturated rings. The van der Waals surface area contributed by atoms with E-state index in [0.717, 1.165) is 12.2 Å². The lowest BCUT2D eigenvalue weighted by molar-refractivity contribution is -0.117. The smallest absolute Gasteiger partial charge is 0.239 e. The number of nitrogens with two attached hydrogens (primary N) is 1. The number of hydrogen-bond donors (Lipinski definition) is 2. The van der Waals surface area contributed by atoms with Gasteiger partial charge in [-0.15, -0.1) is 0 Å². The number of carbonyl (C=O) groups is 1. The van der Waals surface area contributed by atoms with Gasteiger partial charge in [-0.1, -0.05) is 30.3 Å². The third-order valence-electron chi connectivity index (χ3n) is 5.21. The van der Waals surface area contributed by atoms with Crippen LogP contribution in [0.3, 0.4) is 0 Å². The van der Waals surface area contributed by atoms with Crippen molar-refractivity contribution in [1.82, 2.24) is 14.7 Å². The molecule has 1 amide bonds.